The molecule has 1 aliphatic carbocycles. The van der Waals surface area contributed by atoms with E-state index >= 15 is 0 Å². The normalized spacial score (nSPS) is 15.0. The third-order valence-corrected chi connectivity index (χ3v) is 5.79. The van der Waals surface area contributed by atoms with E-state index in [1.165, 1.54) is 12.8 Å². The maximum atomic E-state index is 12.1. The molecule has 1 aromatic carbocycles. The van der Waals surface area contributed by atoms with Gasteiger partial charge < -0.3 is 5.32 Å². The van der Waals surface area contributed by atoms with Crippen molar-refractivity contribution in [3.63, 3.8) is 0 Å². The highest BCUT2D eigenvalue weighted by Crippen LogP contribution is 2.38. The van der Waals surface area contributed by atoms with E-state index in [2.05, 4.69) is 5.32 Å². The van der Waals surface area contributed by atoms with Crippen LogP contribution in [-0.2, 0) is 9.05 Å². The Kier molecular flexibility index (Phi) is 5.31. The molecule has 9 heteroatoms. The Morgan fingerprint density at radius 3 is 2.38 bits per heavy atom. The Balaban J connectivity index is 2.32. The number of carbonyl (C=O) groups excluding carboxylic acids is 1. The molecule has 21 heavy (non-hydrogen) atoms. The molecule has 1 saturated carbocycles. The van der Waals surface area contributed by atoms with Crippen molar-refractivity contribution < 1.29 is 13.2 Å². The van der Waals surface area contributed by atoms with Crippen LogP contribution in [0.25, 0.3) is 0 Å². The van der Waals surface area contributed by atoms with Gasteiger partial charge in [0.25, 0.3) is 15.0 Å². The zero-order chi connectivity index (χ0) is 15.8. The molecule has 0 unspecified atom stereocenters. The van der Waals surface area contributed by atoms with Crippen LogP contribution < -0.4 is 5.32 Å². The van der Waals surface area contributed by atoms with Gasteiger partial charge in [0.2, 0.25) is 0 Å². The van der Waals surface area contributed by atoms with Gasteiger partial charge in [-0.05, 0) is 18.4 Å². The Labute approximate surface area is 142 Å². The largest absolute Gasteiger partial charge is 0.352 e. The minimum atomic E-state index is -4.14. The lowest BCUT2D eigenvalue weighted by molar-refractivity contribution is 0.0953. The molecule has 1 aromatic rings. The highest BCUT2D eigenvalue weighted by atomic mass is 35.7. The van der Waals surface area contributed by atoms with E-state index in [0.29, 0.717) is 12.5 Å². The van der Waals surface area contributed by atoms with Gasteiger partial charge in [-0.3, -0.25) is 4.79 Å². The molecule has 0 aliphatic heterocycles. The van der Waals surface area contributed by atoms with Crippen molar-refractivity contribution in [2.24, 2.45) is 5.92 Å². The van der Waals surface area contributed by atoms with Crippen molar-refractivity contribution in [1.29, 1.82) is 0 Å². The number of rotatable bonds is 5. The molecule has 0 aromatic heterocycles. The van der Waals surface area contributed by atoms with Gasteiger partial charge in [-0.25, -0.2) is 8.42 Å². The van der Waals surface area contributed by atoms with Crippen molar-refractivity contribution >= 4 is 60.4 Å². The van der Waals surface area contributed by atoms with Crippen LogP contribution in [0, 0.1) is 5.92 Å². The van der Waals surface area contributed by atoms with Crippen LogP contribution in [0.15, 0.2) is 11.0 Å². The summed E-state index contributed by atoms with van der Waals surface area (Å²) in [5, 5.41) is 2.12. The number of nitrogens with one attached hydrogen (secondary N) is 1. The van der Waals surface area contributed by atoms with Crippen LogP contribution in [0.5, 0.6) is 0 Å². The average molecular weight is 391 g/mol. The molecule has 2 rings (SSSR count). The topological polar surface area (TPSA) is 63.2 Å². The summed E-state index contributed by atoms with van der Waals surface area (Å²) in [5.74, 6) is 0.0732. The number of benzene rings is 1. The lowest BCUT2D eigenvalue weighted by Crippen LogP contribution is -2.25. The molecule has 0 heterocycles. The van der Waals surface area contributed by atoms with Gasteiger partial charge in [0.05, 0.1) is 20.6 Å². The molecule has 0 spiro atoms. The number of hydrogen-bond donors (Lipinski definition) is 1. The SMILES string of the molecule is O=C(NCCC1CC1)c1c(Cl)c(Cl)cc(S(=O)(=O)Cl)c1Cl. The molecule has 4 nitrogen and oxygen atoms in total. The monoisotopic (exact) mass is 389 g/mol. The highest BCUT2D eigenvalue weighted by molar-refractivity contribution is 8.13. The summed E-state index contributed by atoms with van der Waals surface area (Å²) in [6.07, 6.45) is 3.20. The second-order valence-electron chi connectivity index (χ2n) is 4.79. The van der Waals surface area contributed by atoms with E-state index in [9.17, 15) is 13.2 Å². The van der Waals surface area contributed by atoms with Crippen molar-refractivity contribution in [3.8, 4) is 0 Å². The fraction of sp³-hybridized carbons (Fsp3) is 0.417. The van der Waals surface area contributed by atoms with Gasteiger partial charge in [-0.2, -0.15) is 0 Å². The average Bonchev–Trinajstić information content (AvgIpc) is 3.16. The lowest BCUT2D eigenvalue weighted by Gasteiger charge is -2.12. The second kappa shape index (κ2) is 6.50. The first kappa shape index (κ1) is 17.2. The molecule has 1 aliphatic rings. The summed E-state index contributed by atoms with van der Waals surface area (Å²) >= 11 is 17.7. The quantitative estimate of drug-likeness (QED) is 0.607. The number of hydrogen-bond acceptors (Lipinski definition) is 3. The van der Waals surface area contributed by atoms with Crippen LogP contribution in [0.4, 0.5) is 0 Å². The number of halogens is 4. The minimum absolute atomic E-state index is 0.102. The predicted octanol–water partition coefficient (Wildman–Crippen LogP) is 4.10. The van der Waals surface area contributed by atoms with E-state index in [0.717, 1.165) is 12.5 Å². The second-order valence-corrected chi connectivity index (χ2v) is 8.48. The first-order valence-corrected chi connectivity index (χ1v) is 9.56. The van der Waals surface area contributed by atoms with Gasteiger partial charge in [-0.15, -0.1) is 0 Å². The van der Waals surface area contributed by atoms with Crippen LogP contribution in [-0.4, -0.2) is 20.9 Å². The van der Waals surface area contributed by atoms with Crippen LogP contribution in [0.1, 0.15) is 29.6 Å². The Morgan fingerprint density at radius 2 is 1.86 bits per heavy atom. The van der Waals surface area contributed by atoms with Crippen molar-refractivity contribution in [3.05, 3.63) is 26.7 Å². The third kappa shape index (κ3) is 4.17. The van der Waals surface area contributed by atoms with Gasteiger partial charge in [0.1, 0.15) is 4.90 Å². The molecular formula is C12H11Cl4NO3S. The van der Waals surface area contributed by atoms with Crippen molar-refractivity contribution in [2.45, 2.75) is 24.2 Å². The number of amides is 1. The van der Waals surface area contributed by atoms with E-state index in [4.69, 9.17) is 45.5 Å². The van der Waals surface area contributed by atoms with E-state index < -0.39 is 19.9 Å². The Bertz CT molecular complexity index is 686. The smallest absolute Gasteiger partial charge is 0.262 e. The van der Waals surface area contributed by atoms with E-state index in [1.54, 1.807) is 0 Å². The van der Waals surface area contributed by atoms with Crippen molar-refractivity contribution in [1.82, 2.24) is 5.32 Å². The summed E-state index contributed by atoms with van der Waals surface area (Å²) in [6.45, 7) is 0.464. The van der Waals surface area contributed by atoms with Gasteiger partial charge >= 0.3 is 0 Å². The summed E-state index contributed by atoms with van der Waals surface area (Å²) in [5.41, 5.74) is -0.180. The fourth-order valence-electron chi connectivity index (χ4n) is 1.84. The predicted molar refractivity (Wildman–Crippen MR) is 84.2 cm³/mol. The third-order valence-electron chi connectivity index (χ3n) is 3.15. The standard InChI is InChI=1S/C12H11Cl4NO3S/c13-7-5-8(21(16,19)20)11(15)9(10(7)14)12(18)17-4-3-6-1-2-6/h5-6H,1-4H2,(H,17,18). The van der Waals surface area contributed by atoms with Crippen LogP contribution in [0.3, 0.4) is 0 Å². The molecule has 0 radical (unpaired) electrons. The fourth-order valence-corrected chi connectivity index (χ4v) is 3.99. The molecule has 0 bridgehead atoms. The van der Waals surface area contributed by atoms with Gasteiger partial charge in [-0.1, -0.05) is 47.6 Å². The summed E-state index contributed by atoms with van der Waals surface area (Å²) in [6, 6.07) is 1.02. The number of carbonyl (C=O) groups is 1. The summed E-state index contributed by atoms with van der Waals surface area (Å²) in [4.78, 5) is 11.7. The Morgan fingerprint density at radius 1 is 1.24 bits per heavy atom. The molecule has 0 saturated heterocycles. The highest BCUT2D eigenvalue weighted by Gasteiger charge is 2.26. The first-order chi connectivity index (χ1) is 9.71. The van der Waals surface area contributed by atoms with Gasteiger partial charge in [0, 0.05) is 17.2 Å². The van der Waals surface area contributed by atoms with E-state index in [1.807, 2.05) is 0 Å². The van der Waals surface area contributed by atoms with Crippen LogP contribution >= 0.6 is 45.5 Å². The molecule has 116 valence electrons. The van der Waals surface area contributed by atoms with E-state index in [-0.39, 0.29) is 20.6 Å². The molecule has 1 fully saturated rings. The van der Waals surface area contributed by atoms with Crippen molar-refractivity contribution in [2.75, 3.05) is 6.54 Å². The molecule has 0 atom stereocenters. The molecular weight excluding hydrogens is 380 g/mol. The Hall–Kier alpha value is -0.200. The lowest BCUT2D eigenvalue weighted by atomic mass is 10.2. The molecule has 1 amide bonds. The van der Waals surface area contributed by atoms with Crippen LogP contribution in [0.2, 0.25) is 15.1 Å². The maximum Gasteiger partial charge on any atom is 0.262 e. The molecule has 1 N–H and O–H groups in total. The zero-order valence-corrected chi connectivity index (χ0v) is 14.5. The van der Waals surface area contributed by atoms with Gasteiger partial charge in [0.15, 0.2) is 0 Å². The summed E-state index contributed by atoms with van der Waals surface area (Å²) in [7, 11) is 1.14. The first-order valence-electron chi connectivity index (χ1n) is 6.12. The minimum Gasteiger partial charge on any atom is -0.352 e. The maximum absolute atomic E-state index is 12.1. The summed E-state index contributed by atoms with van der Waals surface area (Å²) < 4.78 is 22.9. The zero-order valence-electron chi connectivity index (χ0n) is 10.6.